The molecule has 0 spiro atoms. The fraction of sp³-hybridized carbons (Fsp3) is 0.222. The van der Waals surface area contributed by atoms with Gasteiger partial charge in [-0.05, 0) is 24.4 Å². The molecular weight excluding hydrogens is 186 g/mol. The van der Waals surface area contributed by atoms with Crippen LogP contribution in [0.3, 0.4) is 0 Å². The van der Waals surface area contributed by atoms with Crippen LogP contribution in [-0.2, 0) is 0 Å². The summed E-state index contributed by atoms with van der Waals surface area (Å²) in [7, 11) is 3.59. The second-order valence-corrected chi connectivity index (χ2v) is 3.11. The van der Waals surface area contributed by atoms with Gasteiger partial charge in [0.2, 0.25) is 0 Å². The summed E-state index contributed by atoms with van der Waals surface area (Å²) in [6, 6.07) is 6.51. The molecule has 1 N–H and O–H groups in total. The predicted octanol–water partition coefficient (Wildman–Crippen LogP) is 1.62. The van der Waals surface area contributed by atoms with E-state index >= 15 is 0 Å². The molecule has 0 radical (unpaired) electrons. The van der Waals surface area contributed by atoms with E-state index in [1.807, 2.05) is 0 Å². The summed E-state index contributed by atoms with van der Waals surface area (Å²) in [5, 5.41) is 9.49. The van der Waals surface area contributed by atoms with Gasteiger partial charge in [0.25, 0.3) is 5.17 Å². The summed E-state index contributed by atoms with van der Waals surface area (Å²) in [6.07, 6.45) is 0. The number of rotatable bonds is 1. The number of phenols is 1. The van der Waals surface area contributed by atoms with Crippen molar-refractivity contribution in [2.45, 2.75) is 0 Å². The Morgan fingerprint density at radius 3 is 2.69 bits per heavy atom. The Balaban J connectivity index is 2.69. The number of hydrogen-bond acceptors (Lipinski definition) is 3. The van der Waals surface area contributed by atoms with Gasteiger partial charge < -0.3 is 14.7 Å². The molecule has 0 aliphatic heterocycles. The van der Waals surface area contributed by atoms with Crippen molar-refractivity contribution in [3.8, 4) is 11.5 Å². The Morgan fingerprint density at radius 2 is 2.15 bits per heavy atom. The highest BCUT2D eigenvalue weighted by Crippen LogP contribution is 2.17. The van der Waals surface area contributed by atoms with Gasteiger partial charge >= 0.3 is 0 Å². The van der Waals surface area contributed by atoms with Crippen LogP contribution in [0.2, 0.25) is 0 Å². The highest BCUT2D eigenvalue weighted by molar-refractivity contribution is 7.80. The monoisotopic (exact) mass is 197 g/mol. The van der Waals surface area contributed by atoms with E-state index in [1.165, 1.54) is 6.07 Å². The fourth-order valence-electron chi connectivity index (χ4n) is 0.739. The molecule has 0 atom stereocenters. The zero-order chi connectivity index (χ0) is 9.84. The maximum absolute atomic E-state index is 9.13. The van der Waals surface area contributed by atoms with Gasteiger partial charge in [0, 0.05) is 20.2 Å². The Hall–Kier alpha value is -1.29. The molecule has 0 aliphatic carbocycles. The van der Waals surface area contributed by atoms with Gasteiger partial charge in [0.05, 0.1) is 0 Å². The molecule has 0 heterocycles. The van der Waals surface area contributed by atoms with E-state index in [2.05, 4.69) is 0 Å². The molecule has 3 nitrogen and oxygen atoms in total. The lowest BCUT2D eigenvalue weighted by molar-refractivity contribution is 0.440. The third-order valence-corrected chi connectivity index (χ3v) is 1.84. The van der Waals surface area contributed by atoms with E-state index in [0.29, 0.717) is 10.9 Å². The third-order valence-electron chi connectivity index (χ3n) is 1.39. The molecule has 1 aromatic carbocycles. The van der Waals surface area contributed by atoms with E-state index in [4.69, 9.17) is 22.1 Å². The first kappa shape index (κ1) is 9.80. The van der Waals surface area contributed by atoms with Crippen molar-refractivity contribution in [3.05, 3.63) is 24.3 Å². The van der Waals surface area contributed by atoms with Crippen LogP contribution in [0.1, 0.15) is 0 Å². The molecule has 13 heavy (non-hydrogen) atoms. The molecule has 0 saturated carbocycles. The first-order valence-electron chi connectivity index (χ1n) is 3.78. The van der Waals surface area contributed by atoms with Crippen molar-refractivity contribution >= 4 is 17.4 Å². The van der Waals surface area contributed by atoms with Crippen molar-refractivity contribution < 1.29 is 9.84 Å². The minimum atomic E-state index is 0.166. The molecule has 0 aliphatic rings. The molecule has 0 unspecified atom stereocenters. The summed E-state index contributed by atoms with van der Waals surface area (Å²) in [5.41, 5.74) is 0. The van der Waals surface area contributed by atoms with Gasteiger partial charge in [0.15, 0.2) is 0 Å². The lowest BCUT2D eigenvalue weighted by Gasteiger charge is -2.13. The van der Waals surface area contributed by atoms with Crippen LogP contribution >= 0.6 is 12.2 Å². The van der Waals surface area contributed by atoms with Crippen molar-refractivity contribution in [1.29, 1.82) is 0 Å². The first-order chi connectivity index (χ1) is 6.09. The van der Waals surface area contributed by atoms with E-state index < -0.39 is 0 Å². The van der Waals surface area contributed by atoms with Gasteiger partial charge in [-0.3, -0.25) is 0 Å². The van der Waals surface area contributed by atoms with E-state index in [-0.39, 0.29) is 5.75 Å². The Kier molecular flexibility index (Phi) is 3.08. The van der Waals surface area contributed by atoms with Crippen molar-refractivity contribution in [1.82, 2.24) is 4.90 Å². The smallest absolute Gasteiger partial charge is 0.264 e. The standard InChI is InChI=1S/C9H11NO2S/c1-10(2)9(13)12-8-5-3-4-7(11)6-8/h3-6,11H,1-2H3. The largest absolute Gasteiger partial charge is 0.508 e. The molecule has 0 amide bonds. The molecule has 0 saturated heterocycles. The van der Waals surface area contributed by atoms with Crippen LogP contribution in [-0.4, -0.2) is 29.3 Å². The highest BCUT2D eigenvalue weighted by Gasteiger charge is 2.01. The minimum absolute atomic E-state index is 0.166. The maximum atomic E-state index is 9.13. The van der Waals surface area contributed by atoms with Gasteiger partial charge in [-0.15, -0.1) is 0 Å². The number of aromatic hydroxyl groups is 1. The fourth-order valence-corrected chi connectivity index (χ4v) is 0.835. The van der Waals surface area contributed by atoms with Gasteiger partial charge in [0.1, 0.15) is 11.5 Å². The second-order valence-electron chi connectivity index (χ2n) is 2.76. The molecule has 4 heteroatoms. The number of thiocarbonyl (C=S) groups is 1. The predicted molar refractivity (Wildman–Crippen MR) is 55.0 cm³/mol. The second kappa shape index (κ2) is 4.09. The topological polar surface area (TPSA) is 32.7 Å². The van der Waals surface area contributed by atoms with Crippen molar-refractivity contribution in [2.24, 2.45) is 0 Å². The maximum Gasteiger partial charge on any atom is 0.264 e. The molecule has 1 rings (SSSR count). The molecular formula is C9H11NO2S. The number of benzene rings is 1. The van der Waals surface area contributed by atoms with Crippen LogP contribution in [0.4, 0.5) is 0 Å². The quantitative estimate of drug-likeness (QED) is 0.693. The Morgan fingerprint density at radius 1 is 1.46 bits per heavy atom. The molecule has 70 valence electrons. The zero-order valence-corrected chi connectivity index (χ0v) is 8.34. The summed E-state index contributed by atoms with van der Waals surface area (Å²) in [6.45, 7) is 0. The normalized spacial score (nSPS) is 9.38. The summed E-state index contributed by atoms with van der Waals surface area (Å²) in [4.78, 5) is 1.68. The molecule has 0 aromatic heterocycles. The summed E-state index contributed by atoms with van der Waals surface area (Å²) >= 11 is 4.93. The van der Waals surface area contributed by atoms with Crippen LogP contribution in [0.25, 0.3) is 0 Å². The van der Waals surface area contributed by atoms with E-state index in [9.17, 15) is 0 Å². The Labute approximate surface area is 82.6 Å². The number of nitrogens with zero attached hydrogens (tertiary/aromatic N) is 1. The molecule has 0 bridgehead atoms. The SMILES string of the molecule is CN(C)C(=S)Oc1cccc(O)c1. The zero-order valence-electron chi connectivity index (χ0n) is 7.52. The summed E-state index contributed by atoms with van der Waals surface area (Å²) < 4.78 is 5.25. The first-order valence-corrected chi connectivity index (χ1v) is 4.18. The Bertz CT molecular complexity index is 312. The van der Waals surface area contributed by atoms with Crippen molar-refractivity contribution in [3.63, 3.8) is 0 Å². The van der Waals surface area contributed by atoms with E-state index in [0.717, 1.165) is 0 Å². The number of phenolic OH excluding ortho intramolecular Hbond substituents is 1. The number of ether oxygens (including phenoxy) is 1. The van der Waals surface area contributed by atoms with Gasteiger partial charge in [-0.1, -0.05) is 6.07 Å². The average Bonchev–Trinajstić information content (AvgIpc) is 2.04. The van der Waals surface area contributed by atoms with Crippen LogP contribution in [0.15, 0.2) is 24.3 Å². The summed E-state index contributed by atoms with van der Waals surface area (Å²) in [5.74, 6) is 0.706. The lowest BCUT2D eigenvalue weighted by atomic mass is 10.3. The lowest BCUT2D eigenvalue weighted by Crippen LogP contribution is -2.24. The van der Waals surface area contributed by atoms with Crippen molar-refractivity contribution in [2.75, 3.05) is 14.1 Å². The van der Waals surface area contributed by atoms with Crippen LogP contribution in [0, 0.1) is 0 Å². The average molecular weight is 197 g/mol. The molecule has 0 fully saturated rings. The highest BCUT2D eigenvalue weighted by atomic mass is 32.1. The third kappa shape index (κ3) is 2.91. The van der Waals surface area contributed by atoms with E-state index in [1.54, 1.807) is 37.2 Å². The van der Waals surface area contributed by atoms with Crippen LogP contribution < -0.4 is 4.74 Å². The van der Waals surface area contributed by atoms with Gasteiger partial charge in [-0.2, -0.15) is 0 Å². The number of hydrogen-bond donors (Lipinski definition) is 1. The minimum Gasteiger partial charge on any atom is -0.508 e. The van der Waals surface area contributed by atoms with Crippen LogP contribution in [0.5, 0.6) is 11.5 Å². The molecule has 1 aromatic rings. The van der Waals surface area contributed by atoms with Gasteiger partial charge in [-0.25, -0.2) is 0 Å².